The molecule has 4 fully saturated rings. The van der Waals surface area contributed by atoms with Crippen molar-refractivity contribution in [2.45, 2.75) is 107 Å². The Balaban J connectivity index is 1.00. The van der Waals surface area contributed by atoms with Crippen LogP contribution in [0.2, 0.25) is 0 Å². The third kappa shape index (κ3) is 11.2. The lowest BCUT2D eigenvalue weighted by molar-refractivity contribution is -0.413. The lowest BCUT2D eigenvalue weighted by Crippen LogP contribution is -2.68. The van der Waals surface area contributed by atoms with Crippen molar-refractivity contribution in [3.05, 3.63) is 191 Å². The van der Waals surface area contributed by atoms with E-state index in [9.17, 15) is 5.11 Å². The van der Waals surface area contributed by atoms with E-state index < -0.39 is 74.0 Å². The molecule has 0 aliphatic carbocycles. The highest BCUT2D eigenvalue weighted by Gasteiger charge is 2.57. The first kappa shape index (κ1) is 45.5. The van der Waals surface area contributed by atoms with Gasteiger partial charge in [-0.25, -0.2) is 4.68 Å². The van der Waals surface area contributed by atoms with Gasteiger partial charge in [0.25, 0.3) is 0 Å². The quantitative estimate of drug-likeness (QED) is 0.0985. The van der Waals surface area contributed by atoms with Gasteiger partial charge in [0, 0.05) is 11.1 Å². The number of nitrogens with zero attached hydrogens (tertiary/aromatic N) is 3. The molecular formula is C52H55N3O12. The minimum Gasteiger partial charge on any atom is -0.390 e. The first-order valence-electron chi connectivity index (χ1n) is 22.8. The number of hydrogen-bond donors (Lipinski definition) is 1. The third-order valence-electron chi connectivity index (χ3n) is 12.2. The normalized spacial score (nSPS) is 29.4. The summed E-state index contributed by atoms with van der Waals surface area (Å²) in [6, 6.07) is 49.5. The fraction of sp³-hybridized carbons (Fsp3) is 0.385. The highest BCUT2D eigenvalue weighted by atomic mass is 16.8. The number of ether oxygens (including phenoxy) is 11. The predicted molar refractivity (Wildman–Crippen MR) is 239 cm³/mol. The molecule has 15 nitrogen and oxygen atoms in total. The molecule has 10 rings (SSSR count). The van der Waals surface area contributed by atoms with Crippen LogP contribution in [-0.2, 0) is 85.1 Å². The molecule has 4 aliphatic rings. The van der Waals surface area contributed by atoms with Gasteiger partial charge in [-0.1, -0.05) is 157 Å². The average Bonchev–Trinajstić information content (AvgIpc) is 3.86. The standard InChI is InChI=1S/C52H55N3O12/c56-29-40-28-55(54-53-40)26-27-57-51-48(46(59-31-36-18-8-2-9-19-36)44-41(63-51)33-61-50(66-44)39-24-14-5-15-25-39)67-52-47(60-32-37-20-10-3-11-21-37)45(58-30-35-16-6-1-7-17-35)43-42(64-52)34-62-49(65-43)38-22-12-4-13-23-38/h1-25,28,41-52,56H,26-27,29-34H2/t41-,42-,43-,44-,45+,46+,47+,48+,49-,50-,51+,52+/m1/s1. The minimum atomic E-state index is -1.09. The molecule has 67 heavy (non-hydrogen) atoms. The highest BCUT2D eigenvalue weighted by molar-refractivity contribution is 5.19. The Bertz CT molecular complexity index is 2390. The SMILES string of the molecule is OCc1cn(CCO[C@H]2O[C@@H]3CO[C@@H](c4ccccc4)O[C@H]3[C@H](OCc3ccccc3)[C@@H]2O[C@@H]2O[C@@H]3CO[C@@H](c4ccccc4)O[C@H]3[C@H](OCc3ccccc3)[C@@H]2OCc2ccccc2)nn1. The molecular weight excluding hydrogens is 859 g/mol. The zero-order valence-corrected chi connectivity index (χ0v) is 36.9. The maximum Gasteiger partial charge on any atom is 0.187 e. The molecule has 0 spiro atoms. The summed E-state index contributed by atoms with van der Waals surface area (Å²) in [5.74, 6) is 0. The molecule has 0 amide bonds. The van der Waals surface area contributed by atoms with E-state index in [4.69, 9.17) is 52.1 Å². The van der Waals surface area contributed by atoms with Gasteiger partial charge >= 0.3 is 0 Å². The zero-order chi connectivity index (χ0) is 45.2. The molecule has 0 saturated carbocycles. The lowest BCUT2D eigenvalue weighted by Gasteiger charge is -2.52. The summed E-state index contributed by atoms with van der Waals surface area (Å²) in [6.07, 6.45) is -7.64. The Labute approximate surface area is 389 Å². The van der Waals surface area contributed by atoms with E-state index in [0.29, 0.717) is 12.2 Å². The van der Waals surface area contributed by atoms with E-state index in [-0.39, 0.29) is 46.2 Å². The smallest absolute Gasteiger partial charge is 0.187 e. The van der Waals surface area contributed by atoms with Crippen LogP contribution < -0.4 is 0 Å². The summed E-state index contributed by atoms with van der Waals surface area (Å²) < 4.78 is 76.5. The largest absolute Gasteiger partial charge is 0.390 e. The topological polar surface area (TPSA) is 152 Å². The molecule has 0 unspecified atom stereocenters. The van der Waals surface area contributed by atoms with Gasteiger partial charge in [-0.15, -0.1) is 5.10 Å². The van der Waals surface area contributed by atoms with E-state index in [1.807, 2.05) is 152 Å². The van der Waals surface area contributed by atoms with E-state index >= 15 is 0 Å². The maximum absolute atomic E-state index is 9.64. The van der Waals surface area contributed by atoms with Crippen molar-refractivity contribution in [1.82, 2.24) is 15.0 Å². The molecule has 4 aliphatic heterocycles. The number of aromatic nitrogens is 3. The Morgan fingerprint density at radius 1 is 0.507 bits per heavy atom. The lowest BCUT2D eigenvalue weighted by atomic mass is 9.95. The molecule has 4 saturated heterocycles. The molecule has 5 heterocycles. The van der Waals surface area contributed by atoms with Crippen molar-refractivity contribution in [2.24, 2.45) is 0 Å². The second-order valence-corrected chi connectivity index (χ2v) is 16.8. The van der Waals surface area contributed by atoms with E-state index in [1.54, 1.807) is 10.9 Å². The van der Waals surface area contributed by atoms with Crippen molar-refractivity contribution in [3.63, 3.8) is 0 Å². The second kappa shape index (κ2) is 22.2. The third-order valence-corrected chi connectivity index (χ3v) is 12.2. The first-order valence-corrected chi connectivity index (χ1v) is 22.8. The summed E-state index contributed by atoms with van der Waals surface area (Å²) in [5.41, 5.74) is 5.07. The van der Waals surface area contributed by atoms with Gasteiger partial charge in [-0.05, 0) is 16.7 Å². The summed E-state index contributed by atoms with van der Waals surface area (Å²) in [5, 5.41) is 17.8. The van der Waals surface area contributed by atoms with Crippen molar-refractivity contribution in [3.8, 4) is 0 Å². The summed E-state index contributed by atoms with van der Waals surface area (Å²) >= 11 is 0. The molecule has 350 valence electrons. The van der Waals surface area contributed by atoms with Gasteiger partial charge < -0.3 is 57.2 Å². The summed E-state index contributed by atoms with van der Waals surface area (Å²) in [6.45, 7) is 1.34. The molecule has 1 N–H and O–H groups in total. The maximum atomic E-state index is 9.64. The van der Waals surface area contributed by atoms with Crippen LogP contribution in [0.15, 0.2) is 158 Å². The Hall–Kier alpha value is -5.24. The molecule has 15 heteroatoms. The van der Waals surface area contributed by atoms with Crippen LogP contribution in [0.25, 0.3) is 0 Å². The van der Waals surface area contributed by atoms with Gasteiger partial charge in [0.15, 0.2) is 25.2 Å². The van der Waals surface area contributed by atoms with Crippen molar-refractivity contribution in [2.75, 3.05) is 19.8 Å². The summed E-state index contributed by atoms with van der Waals surface area (Å²) in [7, 11) is 0. The second-order valence-electron chi connectivity index (χ2n) is 16.8. The number of benzene rings is 5. The van der Waals surface area contributed by atoms with Crippen LogP contribution in [0.5, 0.6) is 0 Å². The van der Waals surface area contributed by atoms with Gasteiger partial charge in [-0.2, -0.15) is 0 Å². The van der Waals surface area contributed by atoms with Crippen LogP contribution >= 0.6 is 0 Å². The first-order chi connectivity index (χ1) is 33.1. The minimum absolute atomic E-state index is 0.144. The molecule has 12 atom stereocenters. The number of fused-ring (bicyclic) bond motifs is 2. The van der Waals surface area contributed by atoms with Gasteiger partial charge in [-0.3, -0.25) is 0 Å². The number of aliphatic hydroxyl groups is 1. The number of hydrogen-bond acceptors (Lipinski definition) is 14. The number of rotatable bonds is 18. The van der Waals surface area contributed by atoms with Crippen LogP contribution in [0, 0.1) is 0 Å². The van der Waals surface area contributed by atoms with Gasteiger partial charge in [0.05, 0.1) is 59.0 Å². The fourth-order valence-corrected chi connectivity index (χ4v) is 8.83. The zero-order valence-electron chi connectivity index (χ0n) is 36.9. The van der Waals surface area contributed by atoms with Crippen molar-refractivity contribution < 1.29 is 57.2 Å². The van der Waals surface area contributed by atoms with Crippen LogP contribution in [0.4, 0.5) is 0 Å². The molecule has 0 bridgehead atoms. The Morgan fingerprint density at radius 2 is 0.955 bits per heavy atom. The summed E-state index contributed by atoms with van der Waals surface area (Å²) in [4.78, 5) is 0. The predicted octanol–water partition coefficient (Wildman–Crippen LogP) is 6.61. The van der Waals surface area contributed by atoms with E-state index in [1.165, 1.54) is 0 Å². The molecule has 1 aromatic heterocycles. The van der Waals surface area contributed by atoms with Gasteiger partial charge in [0.2, 0.25) is 0 Å². The van der Waals surface area contributed by atoms with Crippen LogP contribution in [0.3, 0.4) is 0 Å². The molecule has 0 radical (unpaired) electrons. The van der Waals surface area contributed by atoms with Crippen LogP contribution in [-0.4, -0.2) is 101 Å². The van der Waals surface area contributed by atoms with E-state index in [0.717, 1.165) is 27.8 Å². The number of aliphatic hydroxyl groups excluding tert-OH is 1. The molecule has 5 aromatic carbocycles. The van der Waals surface area contributed by atoms with Crippen LogP contribution in [0.1, 0.15) is 46.1 Å². The van der Waals surface area contributed by atoms with Crippen molar-refractivity contribution in [1.29, 1.82) is 0 Å². The Morgan fingerprint density at radius 3 is 1.43 bits per heavy atom. The Kier molecular flexibility index (Phi) is 15.1. The van der Waals surface area contributed by atoms with E-state index in [2.05, 4.69) is 10.3 Å². The average molecular weight is 914 g/mol. The monoisotopic (exact) mass is 913 g/mol. The molecule has 6 aromatic rings. The van der Waals surface area contributed by atoms with Gasteiger partial charge in [0.1, 0.15) is 54.5 Å². The highest BCUT2D eigenvalue weighted by Crippen LogP contribution is 2.41. The fourth-order valence-electron chi connectivity index (χ4n) is 8.83. The van der Waals surface area contributed by atoms with Crippen molar-refractivity contribution >= 4 is 0 Å².